The number of amides is 1. The fourth-order valence-electron chi connectivity index (χ4n) is 0.479. The molecule has 1 N–H and O–H groups in total. The molecule has 0 radical (unpaired) electrons. The molecule has 0 aromatic heterocycles. The molecule has 0 unspecified atom stereocenters. The topological polar surface area (TPSA) is 55.4 Å². The van der Waals surface area contributed by atoms with Gasteiger partial charge in [0.25, 0.3) is 0 Å². The van der Waals surface area contributed by atoms with Gasteiger partial charge in [-0.1, -0.05) is 20.8 Å². The quantitative estimate of drug-likeness (QED) is 0.502. The van der Waals surface area contributed by atoms with Crippen molar-refractivity contribution in [3.8, 4) is 0 Å². The molecule has 0 aliphatic carbocycles. The van der Waals surface area contributed by atoms with Gasteiger partial charge in [0.05, 0.1) is 5.92 Å². The van der Waals surface area contributed by atoms with Crippen LogP contribution in [0.3, 0.4) is 0 Å². The lowest BCUT2D eigenvalue weighted by molar-refractivity contribution is -0.148. The minimum absolute atomic E-state index is 0.0241. The van der Waals surface area contributed by atoms with Crippen molar-refractivity contribution in [2.24, 2.45) is 5.92 Å². The van der Waals surface area contributed by atoms with Crippen LogP contribution in [-0.4, -0.2) is 18.6 Å². The summed E-state index contributed by atoms with van der Waals surface area (Å²) in [5.41, 5.74) is 0. The number of hydrogen-bond donors (Lipinski definition) is 1. The van der Waals surface area contributed by atoms with Gasteiger partial charge in [-0.3, -0.25) is 9.59 Å². The molecule has 0 fully saturated rings. The maximum Gasteiger partial charge on any atom is 0.310 e. The number of hydrogen-bond acceptors (Lipinski definition) is 3. The molecule has 0 aliphatic heterocycles. The maximum absolute atomic E-state index is 10.8. The van der Waals surface area contributed by atoms with E-state index in [4.69, 9.17) is 4.74 Å². The van der Waals surface area contributed by atoms with Crippen LogP contribution in [0.25, 0.3) is 0 Å². The van der Waals surface area contributed by atoms with Crippen molar-refractivity contribution in [1.29, 1.82) is 0 Å². The average molecular weight is 173 g/mol. The highest BCUT2D eigenvalue weighted by Gasteiger charge is 2.07. The van der Waals surface area contributed by atoms with Gasteiger partial charge in [0, 0.05) is 6.42 Å². The van der Waals surface area contributed by atoms with E-state index in [9.17, 15) is 9.59 Å². The lowest BCUT2D eigenvalue weighted by atomic mass is 10.2. The minimum atomic E-state index is -0.300. The van der Waals surface area contributed by atoms with E-state index in [0.29, 0.717) is 6.42 Å². The van der Waals surface area contributed by atoms with Crippen LogP contribution in [0.15, 0.2) is 0 Å². The van der Waals surface area contributed by atoms with Gasteiger partial charge in [0.2, 0.25) is 5.91 Å². The van der Waals surface area contributed by atoms with Gasteiger partial charge >= 0.3 is 5.97 Å². The fraction of sp³-hybridized carbons (Fsp3) is 0.750. The fourth-order valence-corrected chi connectivity index (χ4v) is 0.479. The summed E-state index contributed by atoms with van der Waals surface area (Å²) in [6.45, 7) is 5.19. The van der Waals surface area contributed by atoms with Crippen LogP contribution in [0, 0.1) is 5.92 Å². The van der Waals surface area contributed by atoms with Gasteiger partial charge in [0.15, 0.2) is 6.73 Å². The third-order valence-corrected chi connectivity index (χ3v) is 1.28. The van der Waals surface area contributed by atoms with E-state index < -0.39 is 0 Å². The number of nitrogens with one attached hydrogen (secondary N) is 1. The first-order chi connectivity index (χ1) is 5.57. The minimum Gasteiger partial charge on any atom is -0.444 e. The zero-order valence-corrected chi connectivity index (χ0v) is 7.72. The highest BCUT2D eigenvalue weighted by molar-refractivity contribution is 5.76. The number of ether oxygens (including phenoxy) is 1. The Hall–Kier alpha value is -1.06. The summed E-state index contributed by atoms with van der Waals surface area (Å²) in [4.78, 5) is 21.5. The summed E-state index contributed by atoms with van der Waals surface area (Å²) in [6.07, 6.45) is 0.402. The SMILES string of the molecule is CCC(=O)NCOC(=O)C(C)C. The molecule has 0 saturated heterocycles. The monoisotopic (exact) mass is 173 g/mol. The largest absolute Gasteiger partial charge is 0.444 e. The molecular formula is C8H15NO3. The molecule has 70 valence electrons. The standard InChI is InChI=1S/C8H15NO3/c1-4-7(10)9-5-12-8(11)6(2)3/h6H,4-5H2,1-3H3,(H,9,10). The molecule has 0 aliphatic rings. The van der Waals surface area contributed by atoms with Crippen molar-refractivity contribution in [2.45, 2.75) is 27.2 Å². The molecule has 12 heavy (non-hydrogen) atoms. The number of rotatable bonds is 4. The summed E-state index contributed by atoms with van der Waals surface area (Å²) in [7, 11) is 0. The third-order valence-electron chi connectivity index (χ3n) is 1.28. The zero-order chi connectivity index (χ0) is 9.56. The molecule has 0 bridgehead atoms. The Morgan fingerprint density at radius 3 is 2.42 bits per heavy atom. The van der Waals surface area contributed by atoms with Crippen LogP contribution in [0.4, 0.5) is 0 Å². The molecule has 0 heterocycles. The Bertz CT molecular complexity index is 166. The molecule has 0 aromatic rings. The van der Waals surface area contributed by atoms with Crippen LogP contribution in [0.2, 0.25) is 0 Å². The second-order valence-corrected chi connectivity index (χ2v) is 2.72. The maximum atomic E-state index is 10.8. The Kier molecular flexibility index (Phi) is 5.08. The normalized spacial score (nSPS) is 9.67. The molecule has 1 amide bonds. The van der Waals surface area contributed by atoms with Crippen molar-refractivity contribution < 1.29 is 14.3 Å². The first-order valence-electron chi connectivity index (χ1n) is 4.01. The molecule has 0 spiro atoms. The lowest BCUT2D eigenvalue weighted by Crippen LogP contribution is -2.28. The van der Waals surface area contributed by atoms with E-state index in [-0.39, 0.29) is 24.5 Å². The van der Waals surface area contributed by atoms with Gasteiger partial charge < -0.3 is 10.1 Å². The summed E-state index contributed by atoms with van der Waals surface area (Å²) < 4.78 is 4.71. The van der Waals surface area contributed by atoms with E-state index in [1.165, 1.54) is 0 Å². The molecule has 0 rings (SSSR count). The molecular weight excluding hydrogens is 158 g/mol. The van der Waals surface area contributed by atoms with E-state index in [0.717, 1.165) is 0 Å². The van der Waals surface area contributed by atoms with Gasteiger partial charge in [-0.2, -0.15) is 0 Å². The van der Waals surface area contributed by atoms with Crippen LogP contribution in [0.5, 0.6) is 0 Å². The second-order valence-electron chi connectivity index (χ2n) is 2.72. The first-order valence-corrected chi connectivity index (χ1v) is 4.01. The van der Waals surface area contributed by atoms with Crippen LogP contribution < -0.4 is 5.32 Å². The van der Waals surface area contributed by atoms with Crippen LogP contribution in [-0.2, 0) is 14.3 Å². The highest BCUT2D eigenvalue weighted by atomic mass is 16.5. The number of carbonyl (C=O) groups is 2. The lowest BCUT2D eigenvalue weighted by Gasteiger charge is -2.07. The molecule has 0 aromatic carbocycles. The van der Waals surface area contributed by atoms with Gasteiger partial charge in [0.1, 0.15) is 0 Å². The average Bonchev–Trinajstić information content (AvgIpc) is 2.03. The number of carbonyl (C=O) groups excluding carboxylic acids is 2. The van der Waals surface area contributed by atoms with E-state index >= 15 is 0 Å². The molecule has 4 heteroatoms. The smallest absolute Gasteiger partial charge is 0.310 e. The van der Waals surface area contributed by atoms with Crippen molar-refractivity contribution >= 4 is 11.9 Å². The third kappa shape index (κ3) is 4.71. The van der Waals surface area contributed by atoms with Crippen LogP contribution >= 0.6 is 0 Å². The predicted molar refractivity (Wildman–Crippen MR) is 44.2 cm³/mol. The molecule has 4 nitrogen and oxygen atoms in total. The number of esters is 1. The van der Waals surface area contributed by atoms with Crippen molar-refractivity contribution in [3.05, 3.63) is 0 Å². The Labute approximate surface area is 72.3 Å². The molecule has 0 saturated carbocycles. The van der Waals surface area contributed by atoms with Gasteiger partial charge in [-0.25, -0.2) is 0 Å². The van der Waals surface area contributed by atoms with Gasteiger partial charge in [-0.15, -0.1) is 0 Å². The summed E-state index contributed by atoms with van der Waals surface area (Å²) in [5.74, 6) is -0.568. The summed E-state index contributed by atoms with van der Waals surface area (Å²) in [6, 6.07) is 0. The van der Waals surface area contributed by atoms with Crippen molar-refractivity contribution in [2.75, 3.05) is 6.73 Å². The zero-order valence-electron chi connectivity index (χ0n) is 7.72. The first kappa shape index (κ1) is 10.9. The Morgan fingerprint density at radius 2 is 2.00 bits per heavy atom. The van der Waals surface area contributed by atoms with Crippen LogP contribution in [0.1, 0.15) is 27.2 Å². The van der Waals surface area contributed by atoms with Crippen molar-refractivity contribution in [3.63, 3.8) is 0 Å². The Morgan fingerprint density at radius 1 is 1.42 bits per heavy atom. The Balaban J connectivity index is 3.44. The summed E-state index contributed by atoms with van der Waals surface area (Å²) >= 11 is 0. The van der Waals surface area contributed by atoms with Crippen molar-refractivity contribution in [1.82, 2.24) is 5.32 Å². The predicted octanol–water partition coefficient (Wildman–Crippen LogP) is 0.669. The molecule has 0 atom stereocenters. The highest BCUT2D eigenvalue weighted by Crippen LogP contribution is 1.94. The van der Waals surface area contributed by atoms with Gasteiger partial charge in [-0.05, 0) is 0 Å². The van der Waals surface area contributed by atoms with E-state index in [2.05, 4.69) is 5.32 Å². The van der Waals surface area contributed by atoms with E-state index in [1.54, 1.807) is 20.8 Å². The van der Waals surface area contributed by atoms with E-state index in [1.807, 2.05) is 0 Å². The second kappa shape index (κ2) is 5.57. The summed E-state index contributed by atoms with van der Waals surface area (Å²) in [5, 5.41) is 2.44.